The van der Waals surface area contributed by atoms with Crippen LogP contribution in [0.25, 0.3) is 10.2 Å². The molecule has 0 aliphatic rings. The lowest BCUT2D eigenvalue weighted by Gasteiger charge is -2.04. The zero-order valence-corrected chi connectivity index (χ0v) is 11.5. The Hall–Kier alpha value is -1.73. The summed E-state index contributed by atoms with van der Waals surface area (Å²) in [7, 11) is 0. The number of hydrogen-bond donors (Lipinski definition) is 3. The van der Waals surface area contributed by atoms with Crippen LogP contribution in [0.5, 0.6) is 0 Å². The van der Waals surface area contributed by atoms with E-state index in [4.69, 9.17) is 0 Å². The van der Waals surface area contributed by atoms with Gasteiger partial charge >= 0.3 is 0 Å². The van der Waals surface area contributed by atoms with Gasteiger partial charge in [-0.1, -0.05) is 0 Å². The van der Waals surface area contributed by atoms with Crippen LogP contribution in [0, 0.1) is 0 Å². The number of carbonyl (C=O) groups excluding carboxylic acids is 1. The molecule has 3 N–H and O–H groups in total. The van der Waals surface area contributed by atoms with Gasteiger partial charge in [-0.25, -0.2) is 4.98 Å². The lowest BCUT2D eigenvalue weighted by Crippen LogP contribution is -2.27. The molecule has 0 spiro atoms. The number of carbonyl (C=O) groups is 1. The summed E-state index contributed by atoms with van der Waals surface area (Å²) < 4.78 is 0.645. The van der Waals surface area contributed by atoms with Gasteiger partial charge in [0.05, 0.1) is 12.1 Å². The summed E-state index contributed by atoms with van der Waals surface area (Å²) >= 11 is 1.38. The zero-order chi connectivity index (χ0) is 13.7. The summed E-state index contributed by atoms with van der Waals surface area (Å²) in [6.45, 7) is 3.52. The second-order valence-electron chi connectivity index (χ2n) is 4.03. The summed E-state index contributed by atoms with van der Waals surface area (Å²) in [5.41, 5.74) is 0.606. The van der Waals surface area contributed by atoms with E-state index in [2.05, 4.69) is 20.6 Å². The van der Waals surface area contributed by atoms with E-state index in [-0.39, 0.29) is 11.5 Å². The van der Waals surface area contributed by atoms with E-state index >= 15 is 0 Å². The van der Waals surface area contributed by atoms with Gasteiger partial charge in [0.2, 0.25) is 5.91 Å². The first-order valence-electron chi connectivity index (χ1n) is 6.14. The number of thiophene rings is 1. The predicted molar refractivity (Wildman–Crippen MR) is 75.2 cm³/mol. The van der Waals surface area contributed by atoms with Crippen molar-refractivity contribution in [2.45, 2.75) is 19.9 Å². The Morgan fingerprint density at radius 1 is 1.53 bits per heavy atom. The maximum atomic E-state index is 11.7. The molecule has 0 atom stereocenters. The SMILES string of the molecule is CCNC(=O)CCNCc1nc2ccsc2c(=O)[nH]1. The lowest BCUT2D eigenvalue weighted by molar-refractivity contribution is -0.120. The van der Waals surface area contributed by atoms with Crippen LogP contribution in [0.4, 0.5) is 0 Å². The molecule has 0 aromatic carbocycles. The highest BCUT2D eigenvalue weighted by atomic mass is 32.1. The molecular weight excluding hydrogens is 264 g/mol. The molecule has 1 amide bonds. The molecule has 0 saturated carbocycles. The van der Waals surface area contributed by atoms with Gasteiger partial charge in [-0.05, 0) is 18.4 Å². The number of hydrogen-bond acceptors (Lipinski definition) is 5. The summed E-state index contributed by atoms with van der Waals surface area (Å²) in [4.78, 5) is 30.0. The van der Waals surface area contributed by atoms with Crippen molar-refractivity contribution in [3.63, 3.8) is 0 Å². The topological polar surface area (TPSA) is 86.9 Å². The number of amides is 1. The zero-order valence-electron chi connectivity index (χ0n) is 10.7. The number of H-pyrrole nitrogens is 1. The van der Waals surface area contributed by atoms with Crippen LogP contribution in [0.2, 0.25) is 0 Å². The molecule has 2 rings (SSSR count). The normalized spacial score (nSPS) is 10.8. The summed E-state index contributed by atoms with van der Waals surface area (Å²) in [6, 6.07) is 1.83. The van der Waals surface area contributed by atoms with Crippen LogP contribution in [0.3, 0.4) is 0 Å². The maximum absolute atomic E-state index is 11.7. The Morgan fingerprint density at radius 3 is 3.16 bits per heavy atom. The van der Waals surface area contributed by atoms with Crippen molar-refractivity contribution >= 4 is 27.5 Å². The third-order valence-electron chi connectivity index (χ3n) is 2.56. The highest BCUT2D eigenvalue weighted by Gasteiger charge is 2.05. The first kappa shape index (κ1) is 13.7. The van der Waals surface area contributed by atoms with Crippen LogP contribution in [0.1, 0.15) is 19.2 Å². The van der Waals surface area contributed by atoms with Crippen LogP contribution in [-0.2, 0) is 11.3 Å². The molecule has 2 aromatic rings. The minimum atomic E-state index is -0.111. The summed E-state index contributed by atoms with van der Waals surface area (Å²) in [5.74, 6) is 0.608. The number of nitrogens with zero attached hydrogens (tertiary/aromatic N) is 1. The van der Waals surface area contributed by atoms with E-state index < -0.39 is 0 Å². The van der Waals surface area contributed by atoms with Crippen molar-refractivity contribution in [2.75, 3.05) is 13.1 Å². The number of aromatic amines is 1. The number of nitrogens with one attached hydrogen (secondary N) is 3. The number of aromatic nitrogens is 2. The van der Waals surface area contributed by atoms with Gasteiger partial charge in [-0.3, -0.25) is 9.59 Å². The third-order valence-corrected chi connectivity index (χ3v) is 3.46. The summed E-state index contributed by atoms with van der Waals surface area (Å²) in [5, 5.41) is 7.65. The molecule has 0 bridgehead atoms. The highest BCUT2D eigenvalue weighted by molar-refractivity contribution is 7.17. The minimum Gasteiger partial charge on any atom is -0.356 e. The summed E-state index contributed by atoms with van der Waals surface area (Å²) in [6.07, 6.45) is 0.415. The first-order chi connectivity index (χ1) is 9.20. The van der Waals surface area contributed by atoms with Crippen LogP contribution in [-0.4, -0.2) is 29.0 Å². The highest BCUT2D eigenvalue weighted by Crippen LogP contribution is 2.13. The number of rotatable bonds is 6. The van der Waals surface area contributed by atoms with Crippen LogP contribution < -0.4 is 16.2 Å². The van der Waals surface area contributed by atoms with Gasteiger partial charge < -0.3 is 15.6 Å². The molecule has 0 aliphatic heterocycles. The fourth-order valence-corrected chi connectivity index (χ4v) is 2.43. The van der Waals surface area contributed by atoms with Crippen molar-refractivity contribution < 1.29 is 4.79 Å². The second-order valence-corrected chi connectivity index (χ2v) is 4.94. The quantitative estimate of drug-likeness (QED) is 0.676. The van der Waals surface area contributed by atoms with Gasteiger partial charge in [-0.15, -0.1) is 11.3 Å². The monoisotopic (exact) mass is 280 g/mol. The van der Waals surface area contributed by atoms with E-state index in [9.17, 15) is 9.59 Å². The van der Waals surface area contributed by atoms with Gasteiger partial charge in [-0.2, -0.15) is 0 Å². The maximum Gasteiger partial charge on any atom is 0.268 e. The Balaban J connectivity index is 1.88. The fraction of sp³-hybridized carbons (Fsp3) is 0.417. The third kappa shape index (κ3) is 3.62. The van der Waals surface area contributed by atoms with Crippen LogP contribution in [0.15, 0.2) is 16.2 Å². The molecular formula is C12H16N4O2S. The lowest BCUT2D eigenvalue weighted by atomic mass is 10.4. The van der Waals surface area contributed by atoms with E-state index in [0.29, 0.717) is 42.1 Å². The van der Waals surface area contributed by atoms with Crippen LogP contribution >= 0.6 is 11.3 Å². The van der Waals surface area contributed by atoms with Crippen molar-refractivity contribution in [2.24, 2.45) is 0 Å². The van der Waals surface area contributed by atoms with Crippen molar-refractivity contribution in [3.8, 4) is 0 Å². The van der Waals surface area contributed by atoms with Gasteiger partial charge in [0.25, 0.3) is 5.56 Å². The standard InChI is InChI=1S/C12H16N4O2S/c1-2-14-10(17)3-5-13-7-9-15-8-4-6-19-11(8)12(18)16-9/h4,6,13H,2-3,5,7H2,1H3,(H,14,17)(H,15,16,18). The largest absolute Gasteiger partial charge is 0.356 e. The van der Waals surface area contributed by atoms with Gasteiger partial charge in [0.15, 0.2) is 0 Å². The Morgan fingerprint density at radius 2 is 2.37 bits per heavy atom. The molecule has 19 heavy (non-hydrogen) atoms. The van der Waals surface area contributed by atoms with E-state index in [1.165, 1.54) is 11.3 Å². The predicted octanol–water partition coefficient (Wildman–Crippen LogP) is 0.600. The molecule has 6 nitrogen and oxygen atoms in total. The molecule has 0 radical (unpaired) electrons. The molecule has 0 saturated heterocycles. The molecule has 2 heterocycles. The van der Waals surface area contributed by atoms with E-state index in [0.717, 1.165) is 0 Å². The van der Waals surface area contributed by atoms with Crippen molar-refractivity contribution in [3.05, 3.63) is 27.6 Å². The van der Waals surface area contributed by atoms with E-state index in [1.807, 2.05) is 18.4 Å². The molecule has 0 fully saturated rings. The first-order valence-corrected chi connectivity index (χ1v) is 7.02. The van der Waals surface area contributed by atoms with Crippen molar-refractivity contribution in [1.82, 2.24) is 20.6 Å². The van der Waals surface area contributed by atoms with Crippen molar-refractivity contribution in [1.29, 1.82) is 0 Å². The van der Waals surface area contributed by atoms with Gasteiger partial charge in [0, 0.05) is 19.5 Å². The van der Waals surface area contributed by atoms with Gasteiger partial charge in [0.1, 0.15) is 10.5 Å². The molecule has 0 unspecified atom stereocenters. The second kappa shape index (κ2) is 6.44. The smallest absolute Gasteiger partial charge is 0.268 e. The average molecular weight is 280 g/mol. The Kier molecular flexibility index (Phi) is 4.64. The van der Waals surface area contributed by atoms with E-state index in [1.54, 1.807) is 0 Å². The molecule has 102 valence electrons. The molecule has 7 heteroatoms. The molecule has 0 aliphatic carbocycles. The fourth-order valence-electron chi connectivity index (χ4n) is 1.70. The molecule has 2 aromatic heterocycles. The Bertz CT molecular complexity index is 619. The Labute approximate surface area is 114 Å². The average Bonchev–Trinajstić information content (AvgIpc) is 2.84. The number of fused-ring (bicyclic) bond motifs is 1. The minimum absolute atomic E-state index is 0.0183.